The fourth-order valence-corrected chi connectivity index (χ4v) is 7.62. The predicted molar refractivity (Wildman–Crippen MR) is 115 cm³/mol. The maximum atomic E-state index is 12.5. The molecule has 3 nitrogen and oxygen atoms in total. The number of ketones is 1. The minimum absolute atomic E-state index is 0.0294. The molecule has 0 aromatic carbocycles. The van der Waals surface area contributed by atoms with Gasteiger partial charge in [0.1, 0.15) is 6.10 Å². The minimum Gasteiger partial charge on any atom is -0.462 e. The summed E-state index contributed by atoms with van der Waals surface area (Å²) in [5, 5.41) is 0. The summed E-state index contributed by atoms with van der Waals surface area (Å²) >= 11 is 0. The molecule has 0 saturated heterocycles. The van der Waals surface area contributed by atoms with Crippen LogP contribution in [0.4, 0.5) is 0 Å². The van der Waals surface area contributed by atoms with Crippen LogP contribution in [0.1, 0.15) is 104 Å². The number of allylic oxidation sites excluding steroid dienone is 1. The molecule has 6 atom stereocenters. The van der Waals surface area contributed by atoms with Crippen molar-refractivity contribution in [3.8, 4) is 0 Å². The van der Waals surface area contributed by atoms with Gasteiger partial charge in [0.05, 0.1) is 0 Å². The quantitative estimate of drug-likeness (QED) is 0.383. The van der Waals surface area contributed by atoms with Crippen LogP contribution in [0.2, 0.25) is 0 Å². The largest absolute Gasteiger partial charge is 0.462 e. The van der Waals surface area contributed by atoms with E-state index >= 15 is 0 Å². The first-order chi connectivity index (χ1) is 13.9. The molecule has 3 fully saturated rings. The van der Waals surface area contributed by atoms with Gasteiger partial charge < -0.3 is 4.74 Å². The zero-order valence-corrected chi connectivity index (χ0v) is 18.8. The van der Waals surface area contributed by atoms with Crippen molar-refractivity contribution in [2.24, 2.45) is 28.6 Å². The van der Waals surface area contributed by atoms with Gasteiger partial charge in [-0.05, 0) is 80.6 Å². The summed E-state index contributed by atoms with van der Waals surface area (Å²) in [6, 6.07) is 0. The summed E-state index contributed by atoms with van der Waals surface area (Å²) in [5.74, 6) is 2.48. The highest BCUT2D eigenvalue weighted by atomic mass is 16.5. The van der Waals surface area contributed by atoms with E-state index in [4.69, 9.17) is 4.74 Å². The molecule has 0 aliphatic heterocycles. The minimum atomic E-state index is 0.0294. The van der Waals surface area contributed by atoms with Gasteiger partial charge in [-0.25, -0.2) is 0 Å². The smallest absolute Gasteiger partial charge is 0.306 e. The number of rotatable bonds is 6. The molecular formula is C26H40O3. The molecule has 0 N–H and O–H groups in total. The third-order valence-electron chi connectivity index (χ3n) is 9.38. The van der Waals surface area contributed by atoms with Crippen LogP contribution in [0.15, 0.2) is 11.6 Å². The molecule has 0 bridgehead atoms. The van der Waals surface area contributed by atoms with Crippen LogP contribution >= 0.6 is 0 Å². The average molecular weight is 401 g/mol. The number of hydrogen-bond donors (Lipinski definition) is 0. The van der Waals surface area contributed by atoms with Crippen molar-refractivity contribution in [1.29, 1.82) is 0 Å². The molecule has 0 aromatic rings. The second-order valence-electron chi connectivity index (χ2n) is 10.9. The van der Waals surface area contributed by atoms with Crippen molar-refractivity contribution >= 4 is 11.8 Å². The average Bonchev–Trinajstić information content (AvgIpc) is 3.02. The lowest BCUT2D eigenvalue weighted by molar-refractivity contribution is -0.160. The zero-order valence-electron chi connectivity index (χ0n) is 18.8. The molecular weight excluding hydrogens is 360 g/mol. The molecule has 0 amide bonds. The van der Waals surface area contributed by atoms with Crippen LogP contribution in [0.25, 0.3) is 0 Å². The molecule has 0 spiro atoms. The van der Waals surface area contributed by atoms with Gasteiger partial charge in [-0.15, -0.1) is 0 Å². The third kappa shape index (κ3) is 3.72. The molecule has 0 radical (unpaired) electrons. The first-order valence-electron chi connectivity index (χ1n) is 12.3. The molecule has 0 heterocycles. The Hall–Kier alpha value is -1.12. The maximum Gasteiger partial charge on any atom is 0.306 e. The first-order valence-corrected chi connectivity index (χ1v) is 12.3. The number of ether oxygens (including phenoxy) is 1. The fourth-order valence-electron chi connectivity index (χ4n) is 7.62. The van der Waals surface area contributed by atoms with Crippen molar-refractivity contribution < 1.29 is 14.3 Å². The lowest BCUT2D eigenvalue weighted by Gasteiger charge is -2.57. The van der Waals surface area contributed by atoms with Crippen LogP contribution < -0.4 is 0 Å². The van der Waals surface area contributed by atoms with Crippen molar-refractivity contribution in [3.05, 3.63) is 11.6 Å². The number of esters is 1. The lowest BCUT2D eigenvalue weighted by Crippen LogP contribution is -2.51. The second kappa shape index (κ2) is 8.19. The number of fused-ring (bicyclic) bond motifs is 5. The van der Waals surface area contributed by atoms with Crippen LogP contribution in [0, 0.1) is 28.6 Å². The van der Waals surface area contributed by atoms with Gasteiger partial charge in [0.2, 0.25) is 0 Å². The topological polar surface area (TPSA) is 43.4 Å². The summed E-state index contributed by atoms with van der Waals surface area (Å²) in [6.45, 7) is 7.05. The Morgan fingerprint density at radius 1 is 1.03 bits per heavy atom. The van der Waals surface area contributed by atoms with Crippen LogP contribution in [-0.4, -0.2) is 17.9 Å². The Labute approximate surface area is 177 Å². The summed E-state index contributed by atoms with van der Waals surface area (Å²) in [6.07, 6.45) is 15.9. The van der Waals surface area contributed by atoms with Gasteiger partial charge in [-0.3, -0.25) is 9.59 Å². The van der Waals surface area contributed by atoms with Gasteiger partial charge >= 0.3 is 5.97 Å². The SMILES string of the molecule is CCCCCCC(=O)O[C@H]1CC[C@H]2C3CCC4=CC(=O)CCC4(C)[C@H]3CC[C@]12C. The van der Waals surface area contributed by atoms with Crippen molar-refractivity contribution in [2.75, 3.05) is 0 Å². The predicted octanol–water partition coefficient (Wildman–Crippen LogP) is 6.40. The van der Waals surface area contributed by atoms with E-state index in [1.54, 1.807) is 0 Å². The molecule has 0 aromatic heterocycles. The van der Waals surface area contributed by atoms with Gasteiger partial charge in [0, 0.05) is 18.3 Å². The Bertz CT molecular complexity index is 679. The summed E-state index contributed by atoms with van der Waals surface area (Å²) in [5.41, 5.74) is 1.82. The first kappa shape index (κ1) is 21.1. The van der Waals surface area contributed by atoms with Crippen LogP contribution in [0.5, 0.6) is 0 Å². The van der Waals surface area contributed by atoms with Crippen LogP contribution in [-0.2, 0) is 14.3 Å². The number of carbonyl (C=O) groups is 2. The normalized spacial score (nSPS) is 41.2. The van der Waals surface area contributed by atoms with E-state index < -0.39 is 0 Å². The van der Waals surface area contributed by atoms with Gasteiger partial charge in [0.25, 0.3) is 0 Å². The Morgan fingerprint density at radius 2 is 1.86 bits per heavy atom. The molecule has 3 saturated carbocycles. The third-order valence-corrected chi connectivity index (χ3v) is 9.38. The molecule has 29 heavy (non-hydrogen) atoms. The van der Waals surface area contributed by atoms with Crippen molar-refractivity contribution in [3.63, 3.8) is 0 Å². The molecule has 2 unspecified atom stereocenters. The number of carbonyl (C=O) groups excluding carboxylic acids is 2. The van der Waals surface area contributed by atoms with E-state index in [9.17, 15) is 9.59 Å². The van der Waals surface area contributed by atoms with Gasteiger partial charge in [-0.1, -0.05) is 45.6 Å². The lowest BCUT2D eigenvalue weighted by atomic mass is 9.47. The summed E-state index contributed by atoms with van der Waals surface area (Å²) in [7, 11) is 0. The highest BCUT2D eigenvalue weighted by Gasteiger charge is 2.59. The Kier molecular flexibility index (Phi) is 5.97. The van der Waals surface area contributed by atoms with Crippen molar-refractivity contribution in [1.82, 2.24) is 0 Å². The zero-order chi connectivity index (χ0) is 20.6. The van der Waals surface area contributed by atoms with E-state index in [1.807, 2.05) is 6.08 Å². The van der Waals surface area contributed by atoms with Crippen molar-refractivity contribution in [2.45, 2.75) is 110 Å². The van der Waals surface area contributed by atoms with E-state index in [-0.39, 0.29) is 22.9 Å². The molecule has 3 heteroatoms. The van der Waals surface area contributed by atoms with E-state index in [1.165, 1.54) is 44.1 Å². The molecule has 4 aliphatic carbocycles. The van der Waals surface area contributed by atoms with Gasteiger partial charge in [0.15, 0.2) is 5.78 Å². The molecule has 162 valence electrons. The Balaban J connectivity index is 1.43. The van der Waals surface area contributed by atoms with E-state index in [0.29, 0.717) is 24.0 Å². The standard InChI is InChI=1S/C26H40O3/c1-4-5-6-7-8-24(28)29-23-12-11-21-20-10-9-18-17-19(27)13-15-25(18,2)22(20)14-16-26(21,23)3/h17,20-23H,4-16H2,1-3H3/t20?,21-,22-,23-,25?,26-/m0/s1. The Morgan fingerprint density at radius 3 is 2.66 bits per heavy atom. The molecule has 4 rings (SSSR count). The number of unbranched alkanes of at least 4 members (excludes halogenated alkanes) is 3. The van der Waals surface area contributed by atoms with E-state index in [2.05, 4.69) is 20.8 Å². The highest BCUT2D eigenvalue weighted by molar-refractivity contribution is 5.91. The molecule has 4 aliphatic rings. The van der Waals surface area contributed by atoms with E-state index in [0.717, 1.165) is 44.4 Å². The highest BCUT2D eigenvalue weighted by Crippen LogP contribution is 2.65. The van der Waals surface area contributed by atoms with Gasteiger partial charge in [-0.2, -0.15) is 0 Å². The summed E-state index contributed by atoms with van der Waals surface area (Å²) in [4.78, 5) is 24.5. The summed E-state index contributed by atoms with van der Waals surface area (Å²) < 4.78 is 6.09. The fraction of sp³-hybridized carbons (Fsp3) is 0.846. The number of hydrogen-bond acceptors (Lipinski definition) is 3. The monoisotopic (exact) mass is 400 g/mol. The second-order valence-corrected chi connectivity index (χ2v) is 10.9. The maximum absolute atomic E-state index is 12.5. The van der Waals surface area contributed by atoms with Crippen LogP contribution in [0.3, 0.4) is 0 Å².